The molecule has 1 aromatic rings. The SMILES string of the molecule is CC1CCN(C(=O)c2c[nH]c(=O)c(Br)c2)C(CN)C1. The molecule has 6 heteroatoms. The van der Waals surface area contributed by atoms with Gasteiger partial charge >= 0.3 is 0 Å². The first kappa shape index (κ1) is 14.3. The minimum atomic E-state index is -0.237. The monoisotopic (exact) mass is 327 g/mol. The number of carbonyl (C=O) groups excluding carboxylic acids is 1. The lowest BCUT2D eigenvalue weighted by Crippen LogP contribution is -2.49. The number of carbonyl (C=O) groups is 1. The van der Waals surface area contributed by atoms with E-state index in [2.05, 4.69) is 27.8 Å². The number of aromatic amines is 1. The van der Waals surface area contributed by atoms with Crippen molar-refractivity contribution in [2.24, 2.45) is 11.7 Å². The van der Waals surface area contributed by atoms with Crippen LogP contribution in [0.1, 0.15) is 30.1 Å². The van der Waals surface area contributed by atoms with E-state index in [1.807, 2.05) is 4.90 Å². The fourth-order valence-electron chi connectivity index (χ4n) is 2.49. The van der Waals surface area contributed by atoms with Crippen molar-refractivity contribution in [1.29, 1.82) is 0 Å². The smallest absolute Gasteiger partial charge is 0.262 e. The Balaban J connectivity index is 2.22. The van der Waals surface area contributed by atoms with Crippen LogP contribution in [0.5, 0.6) is 0 Å². The van der Waals surface area contributed by atoms with Crippen LogP contribution in [0, 0.1) is 5.92 Å². The fourth-order valence-corrected chi connectivity index (χ4v) is 2.85. The lowest BCUT2D eigenvalue weighted by atomic mass is 9.92. The van der Waals surface area contributed by atoms with Crippen molar-refractivity contribution in [2.45, 2.75) is 25.8 Å². The van der Waals surface area contributed by atoms with E-state index in [-0.39, 0.29) is 17.5 Å². The lowest BCUT2D eigenvalue weighted by Gasteiger charge is -2.38. The van der Waals surface area contributed by atoms with Crippen LogP contribution in [0.4, 0.5) is 0 Å². The van der Waals surface area contributed by atoms with Crippen LogP contribution in [-0.2, 0) is 0 Å². The number of piperidine rings is 1. The Labute approximate surface area is 120 Å². The van der Waals surface area contributed by atoms with Crippen LogP contribution in [0.25, 0.3) is 0 Å². The maximum Gasteiger partial charge on any atom is 0.262 e. The van der Waals surface area contributed by atoms with Crippen LogP contribution in [-0.4, -0.2) is 34.9 Å². The van der Waals surface area contributed by atoms with Gasteiger partial charge in [-0.25, -0.2) is 0 Å². The summed E-state index contributed by atoms with van der Waals surface area (Å²) in [4.78, 5) is 28.1. The summed E-state index contributed by atoms with van der Waals surface area (Å²) in [6, 6.07) is 1.65. The molecule has 1 fully saturated rings. The van der Waals surface area contributed by atoms with E-state index in [1.54, 1.807) is 6.07 Å². The van der Waals surface area contributed by atoms with Crippen molar-refractivity contribution in [2.75, 3.05) is 13.1 Å². The fraction of sp³-hybridized carbons (Fsp3) is 0.538. The number of amides is 1. The number of halogens is 1. The second-order valence-electron chi connectivity index (χ2n) is 5.08. The molecule has 0 saturated carbocycles. The van der Waals surface area contributed by atoms with Gasteiger partial charge < -0.3 is 15.6 Å². The quantitative estimate of drug-likeness (QED) is 0.860. The summed E-state index contributed by atoms with van der Waals surface area (Å²) in [7, 11) is 0. The number of aromatic nitrogens is 1. The van der Waals surface area contributed by atoms with Gasteiger partial charge in [0.2, 0.25) is 0 Å². The molecule has 0 aromatic carbocycles. The predicted molar refractivity (Wildman–Crippen MR) is 77.0 cm³/mol. The molecule has 5 nitrogen and oxygen atoms in total. The molecule has 0 bridgehead atoms. The molecule has 1 aliphatic rings. The largest absolute Gasteiger partial charge is 0.334 e. The van der Waals surface area contributed by atoms with Gasteiger partial charge in [0.1, 0.15) is 0 Å². The molecule has 2 rings (SSSR count). The number of H-pyrrole nitrogens is 1. The topological polar surface area (TPSA) is 79.2 Å². The van der Waals surface area contributed by atoms with Gasteiger partial charge in [-0.3, -0.25) is 9.59 Å². The van der Waals surface area contributed by atoms with Crippen molar-refractivity contribution in [3.05, 3.63) is 32.7 Å². The molecule has 2 unspecified atom stereocenters. The molecule has 19 heavy (non-hydrogen) atoms. The number of hydrogen-bond acceptors (Lipinski definition) is 3. The van der Waals surface area contributed by atoms with Gasteiger partial charge in [-0.1, -0.05) is 6.92 Å². The Bertz CT molecular complexity index is 529. The van der Waals surface area contributed by atoms with Crippen molar-refractivity contribution in [3.8, 4) is 0 Å². The normalized spacial score (nSPS) is 23.4. The van der Waals surface area contributed by atoms with Gasteiger partial charge in [0.15, 0.2) is 0 Å². The number of hydrogen-bond donors (Lipinski definition) is 2. The van der Waals surface area contributed by atoms with Gasteiger partial charge in [0.25, 0.3) is 11.5 Å². The molecular weight excluding hydrogens is 310 g/mol. The minimum Gasteiger partial charge on any atom is -0.334 e. The summed E-state index contributed by atoms with van der Waals surface area (Å²) >= 11 is 3.14. The van der Waals surface area contributed by atoms with E-state index in [9.17, 15) is 9.59 Å². The molecule has 0 aliphatic carbocycles. The zero-order valence-corrected chi connectivity index (χ0v) is 12.4. The highest BCUT2D eigenvalue weighted by molar-refractivity contribution is 9.10. The van der Waals surface area contributed by atoms with E-state index in [0.29, 0.717) is 22.5 Å². The standard InChI is InChI=1S/C13H18BrN3O2/c1-8-2-3-17(10(4-8)6-15)13(19)9-5-11(14)12(18)16-7-9/h5,7-8,10H,2-4,6,15H2,1H3,(H,16,18). The lowest BCUT2D eigenvalue weighted by molar-refractivity contribution is 0.0573. The third-order valence-corrected chi connectivity index (χ3v) is 4.20. The number of rotatable bonds is 2. The number of nitrogens with two attached hydrogens (primary N) is 1. The van der Waals surface area contributed by atoms with E-state index < -0.39 is 0 Å². The molecule has 0 radical (unpaired) electrons. The van der Waals surface area contributed by atoms with E-state index in [0.717, 1.165) is 19.4 Å². The van der Waals surface area contributed by atoms with Crippen LogP contribution in [0.3, 0.4) is 0 Å². The highest BCUT2D eigenvalue weighted by Crippen LogP contribution is 2.23. The van der Waals surface area contributed by atoms with E-state index >= 15 is 0 Å². The first-order valence-electron chi connectivity index (χ1n) is 6.42. The third-order valence-electron chi connectivity index (χ3n) is 3.62. The summed E-state index contributed by atoms with van der Waals surface area (Å²) in [5.74, 6) is 0.527. The third kappa shape index (κ3) is 3.06. The maximum absolute atomic E-state index is 12.5. The second kappa shape index (κ2) is 5.88. The Morgan fingerprint density at radius 3 is 3.00 bits per heavy atom. The summed E-state index contributed by atoms with van der Waals surface area (Å²) in [5.41, 5.74) is 6.01. The first-order valence-corrected chi connectivity index (χ1v) is 7.21. The molecule has 1 aliphatic heterocycles. The molecule has 104 valence electrons. The maximum atomic E-state index is 12.5. The number of pyridine rings is 1. The van der Waals surface area contributed by atoms with Gasteiger partial charge in [0, 0.05) is 25.3 Å². The van der Waals surface area contributed by atoms with Gasteiger partial charge in [-0.2, -0.15) is 0 Å². The van der Waals surface area contributed by atoms with Crippen LogP contribution in [0.15, 0.2) is 21.5 Å². The Hall–Kier alpha value is -1.14. The molecule has 2 atom stereocenters. The summed E-state index contributed by atoms with van der Waals surface area (Å²) < 4.78 is 0.369. The molecule has 1 saturated heterocycles. The van der Waals surface area contributed by atoms with Crippen LogP contribution in [0.2, 0.25) is 0 Å². The zero-order chi connectivity index (χ0) is 14.0. The summed E-state index contributed by atoms with van der Waals surface area (Å²) in [6.07, 6.45) is 3.39. The Morgan fingerprint density at radius 2 is 2.37 bits per heavy atom. The molecule has 0 spiro atoms. The van der Waals surface area contributed by atoms with E-state index in [4.69, 9.17) is 5.73 Å². The predicted octanol–water partition coefficient (Wildman–Crippen LogP) is 1.34. The van der Waals surface area contributed by atoms with Crippen molar-refractivity contribution in [3.63, 3.8) is 0 Å². The Morgan fingerprint density at radius 1 is 1.63 bits per heavy atom. The molecule has 3 N–H and O–H groups in total. The molecule has 1 aromatic heterocycles. The van der Waals surface area contributed by atoms with Crippen molar-refractivity contribution >= 4 is 21.8 Å². The van der Waals surface area contributed by atoms with Crippen LogP contribution < -0.4 is 11.3 Å². The number of nitrogens with zero attached hydrogens (tertiary/aromatic N) is 1. The Kier molecular flexibility index (Phi) is 4.42. The van der Waals surface area contributed by atoms with Gasteiger partial charge in [0.05, 0.1) is 10.0 Å². The highest BCUT2D eigenvalue weighted by atomic mass is 79.9. The molecular formula is C13H18BrN3O2. The molecule has 1 amide bonds. The highest BCUT2D eigenvalue weighted by Gasteiger charge is 2.29. The second-order valence-corrected chi connectivity index (χ2v) is 5.94. The van der Waals surface area contributed by atoms with Gasteiger partial charge in [-0.05, 0) is 40.8 Å². The van der Waals surface area contributed by atoms with Gasteiger partial charge in [-0.15, -0.1) is 0 Å². The average Bonchev–Trinajstić information content (AvgIpc) is 2.41. The number of nitrogens with one attached hydrogen (secondary N) is 1. The zero-order valence-electron chi connectivity index (χ0n) is 10.9. The average molecular weight is 328 g/mol. The van der Waals surface area contributed by atoms with Crippen LogP contribution >= 0.6 is 15.9 Å². The summed E-state index contributed by atoms with van der Waals surface area (Å²) in [5, 5.41) is 0. The van der Waals surface area contributed by atoms with Crippen molar-refractivity contribution in [1.82, 2.24) is 9.88 Å². The summed E-state index contributed by atoms with van der Waals surface area (Å²) in [6.45, 7) is 3.38. The number of likely N-dealkylation sites (tertiary alicyclic amines) is 1. The van der Waals surface area contributed by atoms with Crippen molar-refractivity contribution < 1.29 is 4.79 Å². The minimum absolute atomic E-state index is 0.0701. The molecule has 2 heterocycles. The van der Waals surface area contributed by atoms with E-state index in [1.165, 1.54) is 6.20 Å². The first-order chi connectivity index (χ1) is 9.02.